The van der Waals surface area contributed by atoms with Gasteiger partial charge in [0.15, 0.2) is 0 Å². The largest absolute Gasteiger partial charge is 0.330 e. The maximum absolute atomic E-state index is 5.55. The minimum atomic E-state index is 0.613. The van der Waals surface area contributed by atoms with Gasteiger partial charge in [-0.25, -0.2) is 0 Å². The van der Waals surface area contributed by atoms with Crippen LogP contribution in [0.4, 0.5) is 0 Å². The van der Waals surface area contributed by atoms with Crippen LogP contribution < -0.4 is 11.1 Å². The Morgan fingerprint density at radius 2 is 2.00 bits per heavy atom. The summed E-state index contributed by atoms with van der Waals surface area (Å²) in [6, 6.07) is 8.39. The standard InChI is InChI=1S/C12H19BrN2/c1-10(8-14)6-7-15-9-11-2-4-12(13)5-3-11/h2-5,10,15H,6-9,14H2,1H3. The molecule has 2 nitrogen and oxygen atoms in total. The molecule has 0 aromatic heterocycles. The fourth-order valence-corrected chi connectivity index (χ4v) is 1.57. The number of nitrogens with one attached hydrogen (secondary N) is 1. The Morgan fingerprint density at radius 3 is 2.60 bits per heavy atom. The summed E-state index contributed by atoms with van der Waals surface area (Å²) in [5.74, 6) is 0.613. The van der Waals surface area contributed by atoms with E-state index in [1.54, 1.807) is 0 Å². The quantitative estimate of drug-likeness (QED) is 0.780. The van der Waals surface area contributed by atoms with Gasteiger partial charge in [-0.05, 0) is 43.1 Å². The summed E-state index contributed by atoms with van der Waals surface area (Å²) < 4.78 is 1.13. The van der Waals surface area contributed by atoms with Gasteiger partial charge in [-0.3, -0.25) is 0 Å². The first kappa shape index (κ1) is 12.7. The van der Waals surface area contributed by atoms with Crippen LogP contribution in [0.3, 0.4) is 0 Å². The molecule has 0 aliphatic carbocycles. The Morgan fingerprint density at radius 1 is 1.33 bits per heavy atom. The zero-order valence-corrected chi connectivity index (χ0v) is 10.8. The molecule has 1 aromatic carbocycles. The van der Waals surface area contributed by atoms with Gasteiger partial charge in [-0.2, -0.15) is 0 Å². The van der Waals surface area contributed by atoms with E-state index in [1.807, 2.05) is 0 Å². The van der Waals surface area contributed by atoms with Crippen LogP contribution in [-0.4, -0.2) is 13.1 Å². The fourth-order valence-electron chi connectivity index (χ4n) is 1.30. The van der Waals surface area contributed by atoms with Crippen LogP contribution in [0.5, 0.6) is 0 Å². The highest BCUT2D eigenvalue weighted by atomic mass is 79.9. The van der Waals surface area contributed by atoms with Crippen molar-refractivity contribution >= 4 is 15.9 Å². The number of rotatable bonds is 6. The number of nitrogens with two attached hydrogens (primary N) is 1. The van der Waals surface area contributed by atoms with Crippen LogP contribution in [0.2, 0.25) is 0 Å². The summed E-state index contributed by atoms with van der Waals surface area (Å²) in [6.07, 6.45) is 1.15. The van der Waals surface area contributed by atoms with Crippen LogP contribution in [-0.2, 0) is 6.54 Å². The molecule has 0 heterocycles. The van der Waals surface area contributed by atoms with Crippen molar-refractivity contribution in [2.45, 2.75) is 19.9 Å². The molecule has 84 valence electrons. The van der Waals surface area contributed by atoms with Crippen LogP contribution in [0.1, 0.15) is 18.9 Å². The van der Waals surface area contributed by atoms with Crippen molar-refractivity contribution in [3.8, 4) is 0 Å². The Hall–Kier alpha value is -0.380. The topological polar surface area (TPSA) is 38.0 Å². The fraction of sp³-hybridized carbons (Fsp3) is 0.500. The van der Waals surface area contributed by atoms with Gasteiger partial charge in [0.25, 0.3) is 0 Å². The normalized spacial score (nSPS) is 12.7. The van der Waals surface area contributed by atoms with Crippen molar-refractivity contribution in [1.82, 2.24) is 5.32 Å². The monoisotopic (exact) mass is 270 g/mol. The summed E-state index contributed by atoms with van der Waals surface area (Å²) in [6.45, 7) is 4.93. The highest BCUT2D eigenvalue weighted by Gasteiger charge is 1.98. The molecule has 0 saturated carbocycles. The molecule has 3 N–H and O–H groups in total. The van der Waals surface area contributed by atoms with Crippen molar-refractivity contribution < 1.29 is 0 Å². The molecule has 0 radical (unpaired) electrons. The first-order valence-electron chi connectivity index (χ1n) is 5.37. The lowest BCUT2D eigenvalue weighted by Crippen LogP contribution is -2.20. The molecule has 0 saturated heterocycles. The molecule has 1 aromatic rings. The van der Waals surface area contributed by atoms with Gasteiger partial charge in [0.05, 0.1) is 0 Å². The first-order valence-corrected chi connectivity index (χ1v) is 6.17. The van der Waals surface area contributed by atoms with Gasteiger partial charge in [-0.1, -0.05) is 35.0 Å². The van der Waals surface area contributed by atoms with E-state index in [0.29, 0.717) is 5.92 Å². The molecule has 0 spiro atoms. The zero-order valence-electron chi connectivity index (χ0n) is 9.17. The van der Waals surface area contributed by atoms with Crippen LogP contribution in [0.15, 0.2) is 28.7 Å². The highest BCUT2D eigenvalue weighted by Crippen LogP contribution is 2.10. The Labute approximate surface area is 100 Å². The number of benzene rings is 1. The maximum Gasteiger partial charge on any atom is 0.0205 e. The molecule has 1 rings (SSSR count). The summed E-state index contributed by atoms with van der Waals surface area (Å²) in [7, 11) is 0. The Kier molecular flexibility index (Phi) is 5.91. The van der Waals surface area contributed by atoms with E-state index in [1.165, 1.54) is 5.56 Å². The molecular formula is C12H19BrN2. The molecule has 1 unspecified atom stereocenters. The molecule has 0 aliphatic rings. The third-order valence-electron chi connectivity index (χ3n) is 2.46. The first-order chi connectivity index (χ1) is 7.22. The molecule has 0 amide bonds. The Balaban J connectivity index is 2.17. The minimum Gasteiger partial charge on any atom is -0.330 e. The van der Waals surface area contributed by atoms with Crippen molar-refractivity contribution in [3.63, 3.8) is 0 Å². The number of hydrogen-bond donors (Lipinski definition) is 2. The second-order valence-corrected chi connectivity index (χ2v) is 4.85. The summed E-state index contributed by atoms with van der Waals surface area (Å²) in [5, 5.41) is 3.42. The van der Waals surface area contributed by atoms with Crippen LogP contribution in [0.25, 0.3) is 0 Å². The van der Waals surface area contributed by atoms with Crippen molar-refractivity contribution in [1.29, 1.82) is 0 Å². The molecular weight excluding hydrogens is 252 g/mol. The van der Waals surface area contributed by atoms with Gasteiger partial charge in [0.1, 0.15) is 0 Å². The smallest absolute Gasteiger partial charge is 0.0205 e. The lowest BCUT2D eigenvalue weighted by atomic mass is 10.1. The van der Waals surface area contributed by atoms with E-state index in [4.69, 9.17) is 5.73 Å². The van der Waals surface area contributed by atoms with E-state index < -0.39 is 0 Å². The predicted octanol–water partition coefficient (Wildman–Crippen LogP) is 2.52. The lowest BCUT2D eigenvalue weighted by molar-refractivity contribution is 0.509. The summed E-state index contributed by atoms with van der Waals surface area (Å²) >= 11 is 3.42. The van der Waals surface area contributed by atoms with Gasteiger partial charge < -0.3 is 11.1 Å². The second-order valence-electron chi connectivity index (χ2n) is 3.93. The SMILES string of the molecule is CC(CN)CCNCc1ccc(Br)cc1. The molecule has 3 heteroatoms. The molecule has 0 aliphatic heterocycles. The minimum absolute atomic E-state index is 0.613. The van der Waals surface area contributed by atoms with E-state index in [0.717, 1.165) is 30.5 Å². The lowest BCUT2D eigenvalue weighted by Gasteiger charge is -2.09. The average molecular weight is 271 g/mol. The van der Waals surface area contributed by atoms with Crippen LogP contribution in [0, 0.1) is 5.92 Å². The average Bonchev–Trinajstić information content (AvgIpc) is 2.26. The predicted molar refractivity (Wildman–Crippen MR) is 68.7 cm³/mol. The molecule has 0 fully saturated rings. The maximum atomic E-state index is 5.55. The number of halogens is 1. The summed E-state index contributed by atoms with van der Waals surface area (Å²) in [4.78, 5) is 0. The van der Waals surface area contributed by atoms with Crippen LogP contribution >= 0.6 is 15.9 Å². The van der Waals surface area contributed by atoms with Crippen molar-refractivity contribution in [2.75, 3.05) is 13.1 Å². The van der Waals surface area contributed by atoms with Gasteiger partial charge in [-0.15, -0.1) is 0 Å². The van der Waals surface area contributed by atoms with E-state index in [-0.39, 0.29) is 0 Å². The third-order valence-corrected chi connectivity index (χ3v) is 2.99. The van der Waals surface area contributed by atoms with Gasteiger partial charge in [0.2, 0.25) is 0 Å². The highest BCUT2D eigenvalue weighted by molar-refractivity contribution is 9.10. The number of hydrogen-bond acceptors (Lipinski definition) is 2. The van der Waals surface area contributed by atoms with Crippen molar-refractivity contribution in [3.05, 3.63) is 34.3 Å². The van der Waals surface area contributed by atoms with E-state index in [2.05, 4.69) is 52.4 Å². The van der Waals surface area contributed by atoms with E-state index >= 15 is 0 Å². The van der Waals surface area contributed by atoms with Gasteiger partial charge in [0, 0.05) is 11.0 Å². The summed E-state index contributed by atoms with van der Waals surface area (Å²) in [5.41, 5.74) is 6.87. The van der Waals surface area contributed by atoms with E-state index in [9.17, 15) is 0 Å². The second kappa shape index (κ2) is 6.99. The zero-order chi connectivity index (χ0) is 11.1. The molecule has 0 bridgehead atoms. The molecule has 15 heavy (non-hydrogen) atoms. The van der Waals surface area contributed by atoms with Crippen molar-refractivity contribution in [2.24, 2.45) is 11.7 Å². The Bertz CT molecular complexity index is 271. The molecule has 1 atom stereocenters. The van der Waals surface area contributed by atoms with Gasteiger partial charge >= 0.3 is 0 Å². The third kappa shape index (κ3) is 5.30.